The highest BCUT2D eigenvalue weighted by Gasteiger charge is 2.29. The Labute approximate surface area is 184 Å². The van der Waals surface area contributed by atoms with Crippen molar-refractivity contribution >= 4 is 22.8 Å². The molecule has 3 aromatic rings. The summed E-state index contributed by atoms with van der Waals surface area (Å²) >= 11 is 0. The summed E-state index contributed by atoms with van der Waals surface area (Å²) in [5, 5.41) is 9.30. The van der Waals surface area contributed by atoms with E-state index in [1.807, 2.05) is 11.9 Å². The molecule has 3 heterocycles. The van der Waals surface area contributed by atoms with Gasteiger partial charge in [-0.1, -0.05) is 0 Å². The molecule has 1 fully saturated rings. The van der Waals surface area contributed by atoms with E-state index in [4.69, 9.17) is 5.73 Å². The predicted octanol–water partition coefficient (Wildman–Crippen LogP) is 1.15. The lowest BCUT2D eigenvalue weighted by Gasteiger charge is -2.40. The molecule has 3 N–H and O–H groups in total. The van der Waals surface area contributed by atoms with E-state index in [1.165, 1.54) is 4.90 Å². The number of pyridine rings is 2. The number of hydrogen-bond acceptors (Lipinski definition) is 6. The third kappa shape index (κ3) is 3.91. The Morgan fingerprint density at radius 1 is 1.15 bits per heavy atom. The minimum atomic E-state index is -1.34. The lowest BCUT2D eigenvalue weighted by atomic mass is 10.1. The monoisotopic (exact) mass is 465 g/mol. The van der Waals surface area contributed by atoms with Gasteiger partial charge in [0.25, 0.3) is 5.91 Å². The molecule has 0 radical (unpaired) electrons. The molecule has 1 unspecified atom stereocenters. The van der Waals surface area contributed by atoms with Gasteiger partial charge in [0.15, 0.2) is 28.9 Å². The summed E-state index contributed by atoms with van der Waals surface area (Å²) in [4.78, 5) is 32.1. The van der Waals surface area contributed by atoms with E-state index < -0.39 is 57.3 Å². The molecule has 1 amide bonds. The Morgan fingerprint density at radius 2 is 1.82 bits per heavy atom. The number of fused-ring (bicyclic) bond motifs is 1. The third-order valence-electron chi connectivity index (χ3n) is 5.57. The van der Waals surface area contributed by atoms with Gasteiger partial charge in [0, 0.05) is 38.0 Å². The lowest BCUT2D eigenvalue weighted by molar-refractivity contribution is 0.0999. The number of nitrogens with two attached hydrogens (primary N) is 1. The standard InChI is InChI=1S/C21H19F4N5O3/c1-28-2-3-29(11(7-28)9-31)21-16(25)6-12-18(32)13(19(26)33)8-30(20(12)27-21)17-14(23)4-10(22)5-15(17)24/h4-6,8,11,31H,2-3,7,9H2,1H3,(H2,26,33). The first-order chi connectivity index (χ1) is 15.6. The minimum Gasteiger partial charge on any atom is -0.394 e. The fourth-order valence-electron chi connectivity index (χ4n) is 3.97. The van der Waals surface area contributed by atoms with Crippen LogP contribution >= 0.6 is 0 Å². The fourth-order valence-corrected chi connectivity index (χ4v) is 3.97. The van der Waals surface area contributed by atoms with Gasteiger partial charge >= 0.3 is 0 Å². The number of carbonyl (C=O) groups excluding carboxylic acids is 1. The van der Waals surface area contributed by atoms with Gasteiger partial charge in [-0.3, -0.25) is 14.2 Å². The van der Waals surface area contributed by atoms with Crippen molar-refractivity contribution in [2.24, 2.45) is 5.73 Å². The van der Waals surface area contributed by atoms with Crippen LogP contribution in [0, 0.1) is 23.3 Å². The molecule has 0 bridgehead atoms. The summed E-state index contributed by atoms with van der Waals surface area (Å²) in [6.45, 7) is 0.868. The molecule has 33 heavy (non-hydrogen) atoms. The van der Waals surface area contributed by atoms with Crippen LogP contribution in [0.15, 0.2) is 29.2 Å². The predicted molar refractivity (Wildman–Crippen MR) is 111 cm³/mol. The number of anilines is 1. The van der Waals surface area contributed by atoms with Gasteiger partial charge in [0.2, 0.25) is 5.43 Å². The average Bonchev–Trinajstić information content (AvgIpc) is 2.74. The highest BCUT2D eigenvalue weighted by Crippen LogP contribution is 2.28. The molecule has 1 aliphatic heterocycles. The van der Waals surface area contributed by atoms with E-state index in [0.29, 0.717) is 25.2 Å². The van der Waals surface area contributed by atoms with Crippen LogP contribution in [0.1, 0.15) is 10.4 Å². The Balaban J connectivity index is 2.05. The number of amides is 1. The normalized spacial score (nSPS) is 17.0. The van der Waals surface area contributed by atoms with E-state index in [0.717, 1.165) is 16.8 Å². The quantitative estimate of drug-likeness (QED) is 0.561. The van der Waals surface area contributed by atoms with Gasteiger partial charge in [-0.2, -0.15) is 0 Å². The Hall–Kier alpha value is -3.51. The van der Waals surface area contributed by atoms with Crippen molar-refractivity contribution in [1.29, 1.82) is 0 Å². The number of aromatic nitrogens is 2. The van der Waals surface area contributed by atoms with Crippen LogP contribution in [0.2, 0.25) is 0 Å². The molecule has 0 saturated carbocycles. The number of aliphatic hydroxyl groups excluding tert-OH is 1. The van der Waals surface area contributed by atoms with Crippen LogP contribution in [0.3, 0.4) is 0 Å². The number of piperazine rings is 1. The van der Waals surface area contributed by atoms with Crippen LogP contribution in [-0.4, -0.2) is 64.8 Å². The second-order valence-corrected chi connectivity index (χ2v) is 7.78. The number of primary amides is 1. The van der Waals surface area contributed by atoms with E-state index in [1.54, 1.807) is 0 Å². The van der Waals surface area contributed by atoms with Gasteiger partial charge in [0.1, 0.15) is 17.1 Å². The molecule has 4 rings (SSSR count). The topological polar surface area (TPSA) is 105 Å². The summed E-state index contributed by atoms with van der Waals surface area (Å²) in [6.07, 6.45) is 0.786. The molecule has 1 saturated heterocycles. The van der Waals surface area contributed by atoms with Crippen molar-refractivity contribution in [3.63, 3.8) is 0 Å². The molecular weight excluding hydrogens is 446 g/mol. The minimum absolute atomic E-state index is 0.252. The van der Waals surface area contributed by atoms with Crippen LogP contribution in [0.25, 0.3) is 16.7 Å². The fraction of sp³-hybridized carbons (Fsp3) is 0.286. The van der Waals surface area contributed by atoms with Gasteiger partial charge in [-0.05, 0) is 13.1 Å². The van der Waals surface area contributed by atoms with Gasteiger partial charge in [0.05, 0.1) is 18.0 Å². The van der Waals surface area contributed by atoms with Crippen molar-refractivity contribution < 1.29 is 27.5 Å². The maximum absolute atomic E-state index is 15.1. The molecule has 1 aliphatic rings. The molecule has 12 heteroatoms. The zero-order valence-corrected chi connectivity index (χ0v) is 17.4. The number of benzene rings is 1. The average molecular weight is 465 g/mol. The molecule has 1 atom stereocenters. The summed E-state index contributed by atoms with van der Waals surface area (Å²) in [7, 11) is 1.83. The third-order valence-corrected chi connectivity index (χ3v) is 5.57. The summed E-state index contributed by atoms with van der Waals surface area (Å²) in [5.74, 6) is -6.25. The van der Waals surface area contributed by atoms with Gasteiger partial charge in [-0.15, -0.1) is 0 Å². The number of rotatable bonds is 4. The zero-order chi connectivity index (χ0) is 24.0. The van der Waals surface area contributed by atoms with Gasteiger partial charge in [-0.25, -0.2) is 22.5 Å². The molecule has 0 spiro atoms. The molecule has 1 aromatic carbocycles. The number of aliphatic hydroxyl groups is 1. The SMILES string of the molecule is CN1CCN(c2nc3c(cc2F)c(=O)c(C(N)=O)cn3-c2c(F)cc(F)cc2F)C(CO)C1. The summed E-state index contributed by atoms with van der Waals surface area (Å²) in [5.41, 5.74) is 2.39. The Kier molecular flexibility index (Phi) is 5.80. The molecule has 0 aliphatic carbocycles. The molecule has 174 valence electrons. The number of hydrogen-bond donors (Lipinski definition) is 2. The molecular formula is C21H19F4N5O3. The Morgan fingerprint density at radius 3 is 2.42 bits per heavy atom. The number of carbonyl (C=O) groups is 1. The first-order valence-electron chi connectivity index (χ1n) is 9.89. The van der Waals surface area contributed by atoms with Crippen molar-refractivity contribution in [2.75, 3.05) is 38.2 Å². The number of halogens is 4. The highest BCUT2D eigenvalue weighted by atomic mass is 19.1. The maximum atomic E-state index is 15.1. The first-order valence-corrected chi connectivity index (χ1v) is 9.89. The van der Waals surface area contributed by atoms with Crippen molar-refractivity contribution in [2.45, 2.75) is 6.04 Å². The van der Waals surface area contributed by atoms with Crippen molar-refractivity contribution in [3.05, 3.63) is 63.5 Å². The number of likely N-dealkylation sites (N-methyl/N-ethyl adjacent to an activating group) is 1. The van der Waals surface area contributed by atoms with Crippen LogP contribution in [-0.2, 0) is 0 Å². The first kappa shape index (κ1) is 22.7. The highest BCUT2D eigenvalue weighted by molar-refractivity contribution is 5.96. The van der Waals surface area contributed by atoms with Crippen LogP contribution in [0.4, 0.5) is 23.4 Å². The van der Waals surface area contributed by atoms with Crippen molar-refractivity contribution in [3.8, 4) is 5.69 Å². The summed E-state index contributed by atoms with van der Waals surface area (Å²) in [6, 6.07) is 1.10. The van der Waals surface area contributed by atoms with Crippen LogP contribution < -0.4 is 16.1 Å². The van der Waals surface area contributed by atoms with E-state index >= 15 is 4.39 Å². The second kappa shape index (κ2) is 8.45. The number of nitrogens with zero attached hydrogens (tertiary/aromatic N) is 4. The second-order valence-electron chi connectivity index (χ2n) is 7.78. The lowest BCUT2D eigenvalue weighted by Crippen LogP contribution is -2.54. The van der Waals surface area contributed by atoms with E-state index in [2.05, 4.69) is 4.98 Å². The van der Waals surface area contributed by atoms with E-state index in [9.17, 15) is 27.9 Å². The smallest absolute Gasteiger partial charge is 0.254 e. The van der Waals surface area contributed by atoms with Crippen LogP contribution in [0.5, 0.6) is 0 Å². The maximum Gasteiger partial charge on any atom is 0.254 e. The molecule has 2 aromatic heterocycles. The van der Waals surface area contributed by atoms with Crippen molar-refractivity contribution in [1.82, 2.24) is 14.5 Å². The summed E-state index contributed by atoms with van der Waals surface area (Å²) < 4.78 is 58.5. The zero-order valence-electron chi connectivity index (χ0n) is 17.4. The largest absolute Gasteiger partial charge is 0.394 e. The van der Waals surface area contributed by atoms with E-state index in [-0.39, 0.29) is 24.6 Å². The van der Waals surface area contributed by atoms with Gasteiger partial charge < -0.3 is 20.6 Å². The molecule has 8 nitrogen and oxygen atoms in total. The Bertz CT molecular complexity index is 1310.